The van der Waals surface area contributed by atoms with Crippen LogP contribution in [0.25, 0.3) is 18.2 Å². The highest BCUT2D eigenvalue weighted by Gasteiger charge is 2.62. The lowest BCUT2D eigenvalue weighted by Gasteiger charge is -2.18. The number of fused-ring (bicyclic) bond motifs is 3. The highest BCUT2D eigenvalue weighted by Crippen LogP contribution is 2.59. The Balaban J connectivity index is 1.74. The van der Waals surface area contributed by atoms with Crippen molar-refractivity contribution in [3.8, 4) is 0 Å². The van der Waals surface area contributed by atoms with E-state index in [1.807, 2.05) is 43.3 Å². The Hall–Kier alpha value is -2.95. The number of benzene rings is 1. The fraction of sp³-hybridized carbons (Fsp3) is 0.250. The molecule has 1 aliphatic heterocycles. The number of nitrogens with zero attached hydrogens (tertiary/aromatic N) is 2. The number of aliphatic carboxylic acids is 1. The molecule has 25 heavy (non-hydrogen) atoms. The van der Waals surface area contributed by atoms with Gasteiger partial charge in [0.2, 0.25) is 0 Å². The first-order valence-corrected chi connectivity index (χ1v) is 8.23. The van der Waals surface area contributed by atoms with Crippen LogP contribution >= 0.6 is 0 Å². The summed E-state index contributed by atoms with van der Waals surface area (Å²) >= 11 is 0. The van der Waals surface area contributed by atoms with E-state index in [-0.39, 0.29) is 11.6 Å². The van der Waals surface area contributed by atoms with Gasteiger partial charge in [-0.15, -0.1) is 0 Å². The highest BCUT2D eigenvalue weighted by atomic mass is 16.4. The number of carbonyl (C=O) groups is 1. The Morgan fingerprint density at radius 3 is 2.68 bits per heavy atom. The Morgan fingerprint density at radius 2 is 2.00 bits per heavy atom. The van der Waals surface area contributed by atoms with Gasteiger partial charge in [-0.2, -0.15) is 0 Å². The van der Waals surface area contributed by atoms with Gasteiger partial charge < -0.3 is 5.11 Å². The van der Waals surface area contributed by atoms with Gasteiger partial charge in [-0.1, -0.05) is 42.0 Å². The van der Waals surface area contributed by atoms with Crippen LogP contribution in [0.15, 0.2) is 35.1 Å². The lowest BCUT2D eigenvalue weighted by Crippen LogP contribution is -2.31. The van der Waals surface area contributed by atoms with Gasteiger partial charge in [0.05, 0.1) is 11.7 Å². The van der Waals surface area contributed by atoms with Crippen LogP contribution in [0.4, 0.5) is 0 Å². The summed E-state index contributed by atoms with van der Waals surface area (Å²) in [7, 11) is 0. The van der Waals surface area contributed by atoms with E-state index in [0.717, 1.165) is 5.56 Å². The van der Waals surface area contributed by atoms with E-state index in [2.05, 4.69) is 4.98 Å². The van der Waals surface area contributed by atoms with Crippen molar-refractivity contribution in [2.45, 2.75) is 26.3 Å². The maximum atomic E-state index is 12.8. The molecule has 5 nitrogen and oxygen atoms in total. The molecule has 0 spiro atoms. The third-order valence-corrected chi connectivity index (χ3v) is 5.12. The average molecular weight is 334 g/mol. The van der Waals surface area contributed by atoms with Crippen molar-refractivity contribution in [1.82, 2.24) is 9.55 Å². The molecule has 2 aliphatic rings. The van der Waals surface area contributed by atoms with Gasteiger partial charge >= 0.3 is 5.97 Å². The predicted octanol–water partition coefficient (Wildman–Crippen LogP) is 3.07. The third kappa shape index (κ3) is 2.35. The van der Waals surface area contributed by atoms with Crippen molar-refractivity contribution < 1.29 is 9.90 Å². The van der Waals surface area contributed by atoms with Crippen molar-refractivity contribution in [2.24, 2.45) is 5.41 Å². The monoisotopic (exact) mass is 334 g/mol. The molecule has 2 heterocycles. The molecule has 1 aromatic carbocycles. The molecule has 0 radical (unpaired) electrons. The van der Waals surface area contributed by atoms with Crippen molar-refractivity contribution in [3.63, 3.8) is 0 Å². The quantitative estimate of drug-likeness (QED) is 0.936. The minimum absolute atomic E-state index is 0.161. The van der Waals surface area contributed by atoms with E-state index in [9.17, 15) is 14.7 Å². The SMILES string of the molecule is Cc1ccc(/C=C/c2nc3n(c(=O)c2C)C2CC2(C(=O)O)C=C3)cc1. The number of hydrogen-bond acceptors (Lipinski definition) is 3. The molecule has 4 rings (SSSR count). The Labute approximate surface area is 145 Å². The van der Waals surface area contributed by atoms with Gasteiger partial charge in [0.15, 0.2) is 0 Å². The maximum absolute atomic E-state index is 12.8. The van der Waals surface area contributed by atoms with Crippen LogP contribution in [0.2, 0.25) is 0 Å². The number of carboxylic acid groups (broad SMARTS) is 1. The van der Waals surface area contributed by atoms with Crippen LogP contribution in [0.5, 0.6) is 0 Å². The molecule has 2 aromatic rings. The molecule has 0 amide bonds. The fourth-order valence-electron chi connectivity index (χ4n) is 3.38. The van der Waals surface area contributed by atoms with Gasteiger partial charge in [0.1, 0.15) is 11.2 Å². The van der Waals surface area contributed by atoms with Crippen molar-refractivity contribution in [3.05, 3.63) is 68.9 Å². The lowest BCUT2D eigenvalue weighted by atomic mass is 10.0. The van der Waals surface area contributed by atoms with Gasteiger partial charge in [-0.25, -0.2) is 4.98 Å². The minimum atomic E-state index is -0.926. The largest absolute Gasteiger partial charge is 0.481 e. The van der Waals surface area contributed by atoms with Gasteiger partial charge in [-0.05, 0) is 38.0 Å². The molecule has 0 saturated heterocycles. The summed E-state index contributed by atoms with van der Waals surface area (Å²) in [5.74, 6) is -0.356. The third-order valence-electron chi connectivity index (χ3n) is 5.12. The van der Waals surface area contributed by atoms with Gasteiger partial charge in [0, 0.05) is 5.56 Å². The number of aromatic nitrogens is 2. The summed E-state index contributed by atoms with van der Waals surface area (Å²) in [6.45, 7) is 3.77. The second-order valence-electron chi connectivity index (χ2n) is 6.80. The molecular weight excluding hydrogens is 316 g/mol. The summed E-state index contributed by atoms with van der Waals surface area (Å²) < 4.78 is 1.53. The summed E-state index contributed by atoms with van der Waals surface area (Å²) in [4.78, 5) is 28.8. The predicted molar refractivity (Wildman–Crippen MR) is 96.1 cm³/mol. The molecule has 1 saturated carbocycles. The van der Waals surface area contributed by atoms with Gasteiger partial charge in [0.25, 0.3) is 5.56 Å². The molecule has 0 bridgehead atoms. The second kappa shape index (κ2) is 5.28. The first-order valence-electron chi connectivity index (χ1n) is 8.23. The molecule has 2 atom stereocenters. The van der Waals surface area contributed by atoms with Crippen LogP contribution in [0.3, 0.4) is 0 Å². The van der Waals surface area contributed by atoms with E-state index in [1.54, 1.807) is 19.1 Å². The van der Waals surface area contributed by atoms with Crippen molar-refractivity contribution in [2.75, 3.05) is 0 Å². The Bertz CT molecular complexity index is 999. The maximum Gasteiger partial charge on any atom is 0.315 e. The molecule has 1 N–H and O–H groups in total. The van der Waals surface area contributed by atoms with E-state index >= 15 is 0 Å². The average Bonchev–Trinajstić information content (AvgIpc) is 3.34. The molecule has 5 heteroatoms. The number of hydrogen-bond donors (Lipinski definition) is 1. The molecule has 1 fully saturated rings. The van der Waals surface area contributed by atoms with Crippen LogP contribution < -0.4 is 5.56 Å². The summed E-state index contributed by atoms with van der Waals surface area (Å²) in [6, 6.07) is 7.76. The van der Waals surface area contributed by atoms with Gasteiger partial charge in [-0.3, -0.25) is 14.2 Å². The smallest absolute Gasteiger partial charge is 0.315 e. The number of aryl methyl sites for hydroxylation is 1. The first-order chi connectivity index (χ1) is 11.9. The fourth-order valence-corrected chi connectivity index (χ4v) is 3.38. The number of carboxylic acids is 1. The zero-order valence-electron chi connectivity index (χ0n) is 14.1. The Kier molecular flexibility index (Phi) is 3.29. The lowest BCUT2D eigenvalue weighted by molar-refractivity contribution is -0.141. The minimum Gasteiger partial charge on any atom is -0.481 e. The zero-order valence-corrected chi connectivity index (χ0v) is 14.1. The van der Waals surface area contributed by atoms with E-state index in [4.69, 9.17) is 0 Å². The van der Waals surface area contributed by atoms with Crippen LogP contribution in [-0.4, -0.2) is 20.6 Å². The normalized spacial score (nSPS) is 23.4. The summed E-state index contributed by atoms with van der Waals surface area (Å²) in [5, 5.41) is 9.41. The molecule has 2 unspecified atom stereocenters. The van der Waals surface area contributed by atoms with Crippen molar-refractivity contribution >= 4 is 24.2 Å². The van der Waals surface area contributed by atoms with Crippen molar-refractivity contribution in [1.29, 1.82) is 0 Å². The Morgan fingerprint density at radius 1 is 1.28 bits per heavy atom. The molecule has 126 valence electrons. The van der Waals surface area contributed by atoms with E-state index in [0.29, 0.717) is 23.5 Å². The topological polar surface area (TPSA) is 72.2 Å². The molecule has 1 aliphatic carbocycles. The standard InChI is InChI=1S/C20H18N2O3/c1-12-3-5-14(6-4-12)7-8-15-13(2)18(23)22-16-11-20(16,19(24)25)10-9-17(22)21-15/h3-10,16H,11H2,1-2H3,(H,24,25)/b8-7+. The van der Waals surface area contributed by atoms with Crippen LogP contribution in [0.1, 0.15) is 40.7 Å². The summed E-state index contributed by atoms with van der Waals surface area (Å²) in [6.07, 6.45) is 7.54. The molecular formula is C20H18N2O3. The second-order valence-corrected chi connectivity index (χ2v) is 6.80. The van der Waals surface area contributed by atoms with Crippen LogP contribution in [0, 0.1) is 19.3 Å². The zero-order chi connectivity index (χ0) is 17.8. The summed E-state index contributed by atoms with van der Waals surface area (Å²) in [5.41, 5.74) is 2.29. The molecule has 1 aromatic heterocycles. The first kappa shape index (κ1) is 15.6. The van der Waals surface area contributed by atoms with E-state index in [1.165, 1.54) is 10.1 Å². The van der Waals surface area contributed by atoms with Crippen LogP contribution in [-0.2, 0) is 4.79 Å². The number of rotatable bonds is 3. The highest BCUT2D eigenvalue weighted by molar-refractivity contribution is 5.84. The van der Waals surface area contributed by atoms with E-state index < -0.39 is 11.4 Å².